The first-order valence-corrected chi connectivity index (χ1v) is 8.45. The molecule has 28 heavy (non-hydrogen) atoms. The van der Waals surface area contributed by atoms with Gasteiger partial charge in [-0.05, 0) is 73.5 Å². The van der Waals surface area contributed by atoms with E-state index in [-0.39, 0.29) is 16.7 Å². The molecule has 0 aliphatic rings. The van der Waals surface area contributed by atoms with Crippen molar-refractivity contribution in [3.63, 3.8) is 0 Å². The Labute approximate surface area is 163 Å². The number of benzene rings is 2. The summed E-state index contributed by atoms with van der Waals surface area (Å²) in [5, 5.41) is 28.0. The van der Waals surface area contributed by atoms with Crippen molar-refractivity contribution in [1.82, 2.24) is 0 Å². The molecule has 6 nitrogen and oxygen atoms in total. The molecule has 0 heterocycles. The Morgan fingerprint density at radius 1 is 0.964 bits per heavy atom. The van der Waals surface area contributed by atoms with E-state index in [2.05, 4.69) is 12.1 Å². The Bertz CT molecular complexity index is 989. The SMILES string of the molecule is CCOc1ccc(C(C#N)=C(C#N)c2ccc(OC=C(C)C(=O)O)cc2)cc1. The summed E-state index contributed by atoms with van der Waals surface area (Å²) in [6.07, 6.45) is 1.14. The van der Waals surface area contributed by atoms with Gasteiger partial charge in [0.05, 0.1) is 23.3 Å². The highest BCUT2D eigenvalue weighted by atomic mass is 16.5. The topological polar surface area (TPSA) is 103 Å². The number of hydrogen-bond acceptors (Lipinski definition) is 5. The van der Waals surface area contributed by atoms with Crippen molar-refractivity contribution in [3.05, 3.63) is 71.5 Å². The van der Waals surface area contributed by atoms with Crippen LogP contribution in [0.2, 0.25) is 0 Å². The minimum atomic E-state index is -1.07. The van der Waals surface area contributed by atoms with Crippen molar-refractivity contribution in [2.45, 2.75) is 13.8 Å². The summed E-state index contributed by atoms with van der Waals surface area (Å²) >= 11 is 0. The number of allylic oxidation sites excluding steroid dienone is 2. The van der Waals surface area contributed by atoms with Gasteiger partial charge in [-0.1, -0.05) is 0 Å². The van der Waals surface area contributed by atoms with Crippen molar-refractivity contribution < 1.29 is 19.4 Å². The van der Waals surface area contributed by atoms with Crippen LogP contribution in [0.15, 0.2) is 60.4 Å². The lowest BCUT2D eigenvalue weighted by molar-refractivity contribution is -0.132. The molecule has 2 rings (SSSR count). The van der Waals surface area contributed by atoms with Crippen LogP contribution in [0.25, 0.3) is 11.1 Å². The molecule has 2 aromatic rings. The average Bonchev–Trinajstić information content (AvgIpc) is 2.71. The summed E-state index contributed by atoms with van der Waals surface area (Å²) in [5.41, 5.74) is 1.71. The Balaban J connectivity index is 2.34. The Hall–Kier alpha value is -4.03. The molecule has 0 aromatic heterocycles. The summed E-state index contributed by atoms with van der Waals surface area (Å²) in [6.45, 7) is 3.84. The fourth-order valence-corrected chi connectivity index (χ4v) is 2.32. The molecular formula is C22H18N2O4. The molecule has 6 heteroatoms. The predicted molar refractivity (Wildman–Crippen MR) is 104 cm³/mol. The van der Waals surface area contributed by atoms with E-state index < -0.39 is 5.97 Å². The molecule has 0 radical (unpaired) electrons. The number of carboxylic acids is 1. The van der Waals surface area contributed by atoms with E-state index in [0.29, 0.717) is 29.2 Å². The van der Waals surface area contributed by atoms with E-state index in [9.17, 15) is 15.3 Å². The fourth-order valence-electron chi connectivity index (χ4n) is 2.32. The second-order valence-electron chi connectivity index (χ2n) is 5.68. The maximum Gasteiger partial charge on any atom is 0.334 e. The number of hydrogen-bond donors (Lipinski definition) is 1. The van der Waals surface area contributed by atoms with E-state index in [1.165, 1.54) is 6.92 Å². The molecule has 0 bridgehead atoms. The summed E-state index contributed by atoms with van der Waals surface area (Å²) in [6, 6.07) is 17.6. The van der Waals surface area contributed by atoms with Crippen LogP contribution >= 0.6 is 0 Å². The van der Waals surface area contributed by atoms with Gasteiger partial charge in [-0.25, -0.2) is 4.79 Å². The highest BCUT2D eigenvalue weighted by molar-refractivity contribution is 6.02. The van der Waals surface area contributed by atoms with E-state index in [1.807, 2.05) is 6.92 Å². The third-order valence-electron chi connectivity index (χ3n) is 3.78. The van der Waals surface area contributed by atoms with Crippen molar-refractivity contribution >= 4 is 17.1 Å². The molecule has 1 N–H and O–H groups in total. The number of ether oxygens (including phenoxy) is 2. The molecule has 0 fully saturated rings. The van der Waals surface area contributed by atoms with Crippen LogP contribution in [-0.2, 0) is 4.79 Å². The third-order valence-corrected chi connectivity index (χ3v) is 3.78. The molecule has 0 atom stereocenters. The minimum Gasteiger partial charge on any atom is -0.494 e. The van der Waals surface area contributed by atoms with Crippen molar-refractivity contribution in [1.29, 1.82) is 10.5 Å². The molecule has 0 saturated carbocycles. The van der Waals surface area contributed by atoms with Gasteiger partial charge in [-0.15, -0.1) is 0 Å². The second-order valence-corrected chi connectivity index (χ2v) is 5.68. The maximum atomic E-state index is 10.8. The third kappa shape index (κ3) is 5.00. The lowest BCUT2D eigenvalue weighted by atomic mass is 9.96. The predicted octanol–water partition coefficient (Wildman–Crippen LogP) is 4.41. The monoisotopic (exact) mass is 374 g/mol. The highest BCUT2D eigenvalue weighted by Crippen LogP contribution is 2.28. The second kappa shape index (κ2) is 9.61. The quantitative estimate of drug-likeness (QED) is 0.333. The Morgan fingerprint density at radius 2 is 1.43 bits per heavy atom. The smallest absolute Gasteiger partial charge is 0.334 e. The summed E-state index contributed by atoms with van der Waals surface area (Å²) in [7, 11) is 0. The number of aliphatic carboxylic acids is 1. The van der Waals surface area contributed by atoms with Gasteiger partial charge in [-0.2, -0.15) is 10.5 Å². The van der Waals surface area contributed by atoms with Crippen LogP contribution < -0.4 is 9.47 Å². The average molecular weight is 374 g/mol. The molecule has 0 saturated heterocycles. The fraction of sp³-hybridized carbons (Fsp3) is 0.136. The first-order valence-electron chi connectivity index (χ1n) is 8.45. The first kappa shape index (κ1) is 20.3. The van der Waals surface area contributed by atoms with Crippen LogP contribution in [0.1, 0.15) is 25.0 Å². The Kier molecular flexibility index (Phi) is 6.96. The zero-order chi connectivity index (χ0) is 20.5. The number of carbonyl (C=O) groups is 1. The maximum absolute atomic E-state index is 10.8. The molecule has 0 aliphatic heterocycles. The van der Waals surface area contributed by atoms with Gasteiger partial charge in [0.2, 0.25) is 0 Å². The molecular weight excluding hydrogens is 356 g/mol. The van der Waals surface area contributed by atoms with Crippen LogP contribution in [0.3, 0.4) is 0 Å². The summed E-state index contributed by atoms with van der Waals surface area (Å²) in [5.74, 6) is 0.0369. The van der Waals surface area contributed by atoms with Crippen molar-refractivity contribution in [2.24, 2.45) is 0 Å². The molecule has 0 unspecified atom stereocenters. The zero-order valence-corrected chi connectivity index (χ0v) is 15.5. The molecule has 0 amide bonds. The van der Waals surface area contributed by atoms with Gasteiger partial charge < -0.3 is 14.6 Å². The van der Waals surface area contributed by atoms with Gasteiger partial charge in [0, 0.05) is 0 Å². The first-order chi connectivity index (χ1) is 13.5. The lowest BCUT2D eigenvalue weighted by Gasteiger charge is -2.07. The molecule has 140 valence electrons. The number of rotatable bonds is 7. The Morgan fingerprint density at radius 3 is 1.82 bits per heavy atom. The van der Waals surface area contributed by atoms with E-state index in [4.69, 9.17) is 14.6 Å². The minimum absolute atomic E-state index is 0.0592. The molecule has 0 spiro atoms. The van der Waals surface area contributed by atoms with E-state index >= 15 is 0 Å². The summed E-state index contributed by atoms with van der Waals surface area (Å²) in [4.78, 5) is 10.8. The lowest BCUT2D eigenvalue weighted by Crippen LogP contribution is -1.98. The van der Waals surface area contributed by atoms with Crippen molar-refractivity contribution in [2.75, 3.05) is 6.61 Å². The van der Waals surface area contributed by atoms with Crippen LogP contribution in [0.5, 0.6) is 11.5 Å². The standard InChI is InChI=1S/C22H18N2O4/c1-3-27-18-8-4-16(5-9-18)20(12-23)21(13-24)17-6-10-19(11-7-17)28-14-15(2)22(25)26/h4-11,14H,3H2,1-2H3,(H,25,26). The number of nitriles is 2. The number of carboxylic acid groups (broad SMARTS) is 1. The normalized spacial score (nSPS) is 11.6. The van der Waals surface area contributed by atoms with Gasteiger partial charge in [-0.3, -0.25) is 0 Å². The zero-order valence-electron chi connectivity index (χ0n) is 15.5. The van der Waals surface area contributed by atoms with Gasteiger partial charge >= 0.3 is 5.97 Å². The molecule has 2 aromatic carbocycles. The van der Waals surface area contributed by atoms with Gasteiger partial charge in [0.25, 0.3) is 0 Å². The summed E-state index contributed by atoms with van der Waals surface area (Å²) < 4.78 is 10.7. The largest absolute Gasteiger partial charge is 0.494 e. The van der Waals surface area contributed by atoms with Crippen LogP contribution in [-0.4, -0.2) is 17.7 Å². The van der Waals surface area contributed by atoms with E-state index in [0.717, 1.165) is 6.26 Å². The van der Waals surface area contributed by atoms with Crippen LogP contribution in [0, 0.1) is 22.7 Å². The molecule has 0 aliphatic carbocycles. The van der Waals surface area contributed by atoms with Gasteiger partial charge in [0.15, 0.2) is 0 Å². The van der Waals surface area contributed by atoms with Gasteiger partial charge in [0.1, 0.15) is 29.9 Å². The number of nitrogens with zero attached hydrogens (tertiary/aromatic N) is 2. The van der Waals surface area contributed by atoms with Crippen molar-refractivity contribution in [3.8, 4) is 23.6 Å². The van der Waals surface area contributed by atoms with E-state index in [1.54, 1.807) is 48.5 Å². The van der Waals surface area contributed by atoms with Crippen LogP contribution in [0.4, 0.5) is 0 Å². The highest BCUT2D eigenvalue weighted by Gasteiger charge is 2.12.